The Morgan fingerprint density at radius 1 is 1.15 bits per heavy atom. The molecule has 0 spiro atoms. The van der Waals surface area contributed by atoms with Crippen molar-refractivity contribution in [2.75, 3.05) is 6.54 Å². The first kappa shape index (κ1) is 12.9. The largest absolute Gasteiger partial charge is 0.478 e. The smallest absolute Gasteiger partial charge is 0.336 e. The van der Waals surface area contributed by atoms with E-state index in [9.17, 15) is 9.90 Å². The molecular weight excluding hydrogens is 250 g/mol. The Labute approximate surface area is 118 Å². The number of nitrogens with one attached hydrogen (secondary N) is 1. The molecule has 1 aliphatic heterocycles. The van der Waals surface area contributed by atoms with Crippen LogP contribution in [0.3, 0.4) is 0 Å². The topological polar surface area (TPSA) is 49.3 Å². The van der Waals surface area contributed by atoms with Gasteiger partial charge in [0.25, 0.3) is 0 Å². The average molecular weight is 267 g/mol. The van der Waals surface area contributed by atoms with Crippen LogP contribution in [0.1, 0.15) is 34.8 Å². The number of carboxylic acids is 1. The van der Waals surface area contributed by atoms with E-state index in [2.05, 4.69) is 17.4 Å². The third-order valence-corrected chi connectivity index (χ3v) is 3.82. The fourth-order valence-electron chi connectivity index (χ4n) is 2.81. The lowest BCUT2D eigenvalue weighted by atomic mass is 9.95. The van der Waals surface area contributed by atoms with Gasteiger partial charge in [0.1, 0.15) is 0 Å². The molecule has 102 valence electrons. The predicted octanol–water partition coefficient (Wildman–Crippen LogP) is 3.48. The zero-order valence-corrected chi connectivity index (χ0v) is 11.2. The quantitative estimate of drug-likeness (QED) is 0.895. The van der Waals surface area contributed by atoms with Gasteiger partial charge in [0.2, 0.25) is 0 Å². The molecule has 1 heterocycles. The van der Waals surface area contributed by atoms with Crippen molar-refractivity contribution < 1.29 is 9.90 Å². The third kappa shape index (κ3) is 2.45. The molecule has 0 amide bonds. The van der Waals surface area contributed by atoms with E-state index in [0.717, 1.165) is 24.1 Å². The summed E-state index contributed by atoms with van der Waals surface area (Å²) in [5.41, 5.74) is 3.33. The molecule has 2 aromatic rings. The van der Waals surface area contributed by atoms with E-state index in [1.807, 2.05) is 24.3 Å². The highest BCUT2D eigenvalue weighted by atomic mass is 16.4. The maximum Gasteiger partial charge on any atom is 0.336 e. The lowest BCUT2D eigenvalue weighted by molar-refractivity contribution is 0.0697. The lowest BCUT2D eigenvalue weighted by Gasteiger charge is -2.13. The van der Waals surface area contributed by atoms with Crippen LogP contribution in [0.4, 0.5) is 0 Å². The minimum absolute atomic E-state index is 0.351. The molecule has 3 heteroatoms. The van der Waals surface area contributed by atoms with Crippen LogP contribution in [0.2, 0.25) is 0 Å². The Bertz CT molecular complexity index is 630. The maximum absolute atomic E-state index is 11.3. The molecule has 20 heavy (non-hydrogen) atoms. The van der Waals surface area contributed by atoms with Crippen molar-refractivity contribution in [1.29, 1.82) is 0 Å². The Kier molecular flexibility index (Phi) is 3.52. The fourth-order valence-corrected chi connectivity index (χ4v) is 2.81. The van der Waals surface area contributed by atoms with Crippen molar-refractivity contribution in [2.24, 2.45) is 0 Å². The summed E-state index contributed by atoms with van der Waals surface area (Å²) in [6.07, 6.45) is 2.34. The van der Waals surface area contributed by atoms with Gasteiger partial charge in [-0.25, -0.2) is 4.79 Å². The Hall–Kier alpha value is -2.13. The number of hydrogen-bond acceptors (Lipinski definition) is 2. The van der Waals surface area contributed by atoms with Crippen LogP contribution in [0, 0.1) is 0 Å². The third-order valence-electron chi connectivity index (χ3n) is 3.82. The standard InChI is InChI=1S/C17H17NO2/c19-17(20)15-8-2-1-7-14(15)12-5-3-6-13(11-12)16-9-4-10-18-16/h1-3,5-8,11,16,18H,4,9-10H2,(H,19,20). The highest BCUT2D eigenvalue weighted by Gasteiger charge is 2.17. The molecule has 0 aromatic heterocycles. The van der Waals surface area contributed by atoms with Crippen molar-refractivity contribution >= 4 is 5.97 Å². The van der Waals surface area contributed by atoms with E-state index in [1.165, 1.54) is 12.0 Å². The predicted molar refractivity (Wildman–Crippen MR) is 78.8 cm³/mol. The van der Waals surface area contributed by atoms with Crippen LogP contribution in [-0.2, 0) is 0 Å². The van der Waals surface area contributed by atoms with Crippen molar-refractivity contribution in [1.82, 2.24) is 5.32 Å². The van der Waals surface area contributed by atoms with E-state index in [0.29, 0.717) is 11.6 Å². The van der Waals surface area contributed by atoms with E-state index in [4.69, 9.17) is 0 Å². The van der Waals surface area contributed by atoms with Gasteiger partial charge in [-0.05, 0) is 48.2 Å². The van der Waals surface area contributed by atoms with Gasteiger partial charge in [-0.15, -0.1) is 0 Å². The number of carbonyl (C=O) groups is 1. The van der Waals surface area contributed by atoms with Crippen LogP contribution in [-0.4, -0.2) is 17.6 Å². The fraction of sp³-hybridized carbons (Fsp3) is 0.235. The van der Waals surface area contributed by atoms with Crippen LogP contribution < -0.4 is 5.32 Å². The SMILES string of the molecule is O=C(O)c1ccccc1-c1cccc(C2CCCN2)c1. The Morgan fingerprint density at radius 3 is 2.75 bits per heavy atom. The van der Waals surface area contributed by atoms with Gasteiger partial charge in [-0.2, -0.15) is 0 Å². The van der Waals surface area contributed by atoms with Gasteiger partial charge in [0.05, 0.1) is 5.56 Å². The van der Waals surface area contributed by atoms with Crippen LogP contribution in [0.5, 0.6) is 0 Å². The van der Waals surface area contributed by atoms with Crippen LogP contribution >= 0.6 is 0 Å². The molecule has 1 atom stereocenters. The van der Waals surface area contributed by atoms with Gasteiger partial charge in [-0.1, -0.05) is 36.4 Å². The summed E-state index contributed by atoms with van der Waals surface area (Å²) < 4.78 is 0. The molecule has 3 nitrogen and oxygen atoms in total. The molecule has 1 unspecified atom stereocenters. The molecule has 0 aliphatic carbocycles. The monoisotopic (exact) mass is 267 g/mol. The Morgan fingerprint density at radius 2 is 2.00 bits per heavy atom. The van der Waals surface area contributed by atoms with E-state index in [-0.39, 0.29) is 0 Å². The van der Waals surface area contributed by atoms with Crippen molar-refractivity contribution in [3.05, 3.63) is 59.7 Å². The molecule has 0 radical (unpaired) electrons. The number of benzene rings is 2. The number of hydrogen-bond donors (Lipinski definition) is 2. The van der Waals surface area contributed by atoms with Crippen molar-refractivity contribution in [3.8, 4) is 11.1 Å². The second-order valence-corrected chi connectivity index (χ2v) is 5.13. The van der Waals surface area contributed by atoms with E-state index < -0.39 is 5.97 Å². The highest BCUT2D eigenvalue weighted by Crippen LogP contribution is 2.29. The first-order valence-corrected chi connectivity index (χ1v) is 6.92. The summed E-state index contributed by atoms with van der Waals surface area (Å²) in [7, 11) is 0. The molecule has 1 aliphatic rings. The molecule has 0 bridgehead atoms. The second-order valence-electron chi connectivity index (χ2n) is 5.13. The minimum Gasteiger partial charge on any atom is -0.478 e. The summed E-state index contributed by atoms with van der Waals surface area (Å²) in [4.78, 5) is 11.3. The summed E-state index contributed by atoms with van der Waals surface area (Å²) in [6, 6.07) is 15.7. The average Bonchev–Trinajstić information content (AvgIpc) is 3.01. The normalized spacial score (nSPS) is 18.1. The maximum atomic E-state index is 11.3. The molecule has 2 N–H and O–H groups in total. The zero-order chi connectivity index (χ0) is 13.9. The Balaban J connectivity index is 2.02. The molecule has 2 aromatic carbocycles. The number of rotatable bonds is 3. The first-order valence-electron chi connectivity index (χ1n) is 6.92. The summed E-state index contributed by atoms with van der Waals surface area (Å²) in [5.74, 6) is -0.884. The van der Waals surface area contributed by atoms with Gasteiger partial charge in [0.15, 0.2) is 0 Å². The molecular formula is C17H17NO2. The van der Waals surface area contributed by atoms with Gasteiger partial charge < -0.3 is 10.4 Å². The first-order chi connectivity index (χ1) is 9.75. The highest BCUT2D eigenvalue weighted by molar-refractivity contribution is 5.96. The number of aromatic carboxylic acids is 1. The number of carboxylic acid groups (broad SMARTS) is 1. The van der Waals surface area contributed by atoms with Crippen LogP contribution in [0.25, 0.3) is 11.1 Å². The van der Waals surface area contributed by atoms with Gasteiger partial charge in [0, 0.05) is 6.04 Å². The van der Waals surface area contributed by atoms with E-state index in [1.54, 1.807) is 12.1 Å². The zero-order valence-electron chi connectivity index (χ0n) is 11.2. The van der Waals surface area contributed by atoms with Gasteiger partial charge >= 0.3 is 5.97 Å². The van der Waals surface area contributed by atoms with Crippen molar-refractivity contribution in [3.63, 3.8) is 0 Å². The summed E-state index contributed by atoms with van der Waals surface area (Å²) >= 11 is 0. The second kappa shape index (κ2) is 5.47. The summed E-state index contributed by atoms with van der Waals surface area (Å²) in [6.45, 7) is 1.06. The molecule has 1 saturated heterocycles. The van der Waals surface area contributed by atoms with Gasteiger partial charge in [-0.3, -0.25) is 0 Å². The minimum atomic E-state index is -0.884. The van der Waals surface area contributed by atoms with Crippen LogP contribution in [0.15, 0.2) is 48.5 Å². The van der Waals surface area contributed by atoms with E-state index >= 15 is 0 Å². The summed E-state index contributed by atoms with van der Waals surface area (Å²) in [5, 5.41) is 12.8. The lowest BCUT2D eigenvalue weighted by Crippen LogP contribution is -2.12. The molecule has 1 fully saturated rings. The molecule has 3 rings (SSSR count). The van der Waals surface area contributed by atoms with Crippen molar-refractivity contribution in [2.45, 2.75) is 18.9 Å². The molecule has 0 saturated carbocycles.